The number of pyridine rings is 1. The molecule has 2 aromatic rings. The van der Waals surface area contributed by atoms with Crippen molar-refractivity contribution < 1.29 is 4.79 Å². The van der Waals surface area contributed by atoms with Gasteiger partial charge in [0.25, 0.3) is 5.91 Å². The van der Waals surface area contributed by atoms with E-state index in [4.69, 9.17) is 0 Å². The summed E-state index contributed by atoms with van der Waals surface area (Å²) in [5.41, 5.74) is 3.93. The Morgan fingerprint density at radius 2 is 2.33 bits per heavy atom. The van der Waals surface area contributed by atoms with Gasteiger partial charge in [-0.25, -0.2) is 4.98 Å². The van der Waals surface area contributed by atoms with E-state index in [9.17, 15) is 4.79 Å². The number of nitrogens with zero attached hydrogens (tertiary/aromatic N) is 2. The van der Waals surface area contributed by atoms with Gasteiger partial charge in [-0.05, 0) is 51.2 Å². The Morgan fingerprint density at radius 1 is 1.43 bits per heavy atom. The quantitative estimate of drug-likeness (QED) is 0.875. The highest BCUT2D eigenvalue weighted by molar-refractivity contribution is 5.95. The molecule has 110 valence electrons. The van der Waals surface area contributed by atoms with Crippen LogP contribution in [0, 0.1) is 6.92 Å². The first-order valence-corrected chi connectivity index (χ1v) is 7.64. The largest absolute Gasteiger partial charge is 0.352 e. The minimum Gasteiger partial charge on any atom is -0.352 e. The lowest BCUT2D eigenvalue weighted by Gasteiger charge is -2.13. The molecule has 0 fully saturated rings. The van der Waals surface area contributed by atoms with Gasteiger partial charge in [0.1, 0.15) is 5.65 Å². The van der Waals surface area contributed by atoms with Crippen LogP contribution in [0.3, 0.4) is 0 Å². The first kappa shape index (κ1) is 13.9. The second kappa shape index (κ2) is 6.12. The van der Waals surface area contributed by atoms with Gasteiger partial charge in [-0.15, -0.1) is 0 Å². The fourth-order valence-electron chi connectivity index (χ4n) is 2.82. The van der Waals surface area contributed by atoms with Crippen LogP contribution in [0.15, 0.2) is 36.2 Å². The third-order valence-corrected chi connectivity index (χ3v) is 3.96. The Labute approximate surface area is 124 Å². The molecule has 21 heavy (non-hydrogen) atoms. The monoisotopic (exact) mass is 283 g/mol. The Balaban J connectivity index is 1.59. The highest BCUT2D eigenvalue weighted by atomic mass is 16.1. The highest BCUT2D eigenvalue weighted by Gasteiger charge is 2.08. The summed E-state index contributed by atoms with van der Waals surface area (Å²) in [7, 11) is 0. The Hall–Kier alpha value is -2.10. The van der Waals surface area contributed by atoms with Crippen LogP contribution >= 0.6 is 0 Å². The molecule has 4 nitrogen and oxygen atoms in total. The lowest BCUT2D eigenvalue weighted by Crippen LogP contribution is -2.25. The zero-order valence-electron chi connectivity index (χ0n) is 12.4. The Morgan fingerprint density at radius 3 is 3.14 bits per heavy atom. The number of aryl methyl sites for hydroxylation is 1. The summed E-state index contributed by atoms with van der Waals surface area (Å²) >= 11 is 0. The van der Waals surface area contributed by atoms with Gasteiger partial charge in [-0.3, -0.25) is 4.79 Å². The molecule has 1 aliphatic rings. The lowest BCUT2D eigenvalue weighted by atomic mass is 9.97. The van der Waals surface area contributed by atoms with Gasteiger partial charge in [0.2, 0.25) is 0 Å². The molecule has 4 heteroatoms. The molecule has 0 atom stereocenters. The van der Waals surface area contributed by atoms with E-state index >= 15 is 0 Å². The van der Waals surface area contributed by atoms with Gasteiger partial charge in [-0.1, -0.05) is 11.6 Å². The van der Waals surface area contributed by atoms with E-state index in [1.54, 1.807) is 0 Å². The summed E-state index contributed by atoms with van der Waals surface area (Å²) in [5, 5.41) is 3.00. The number of fused-ring (bicyclic) bond motifs is 1. The van der Waals surface area contributed by atoms with Crippen molar-refractivity contribution in [3.63, 3.8) is 0 Å². The number of allylic oxidation sites excluding steroid dienone is 1. The maximum atomic E-state index is 12.2. The molecule has 0 aliphatic heterocycles. The number of amides is 1. The van der Waals surface area contributed by atoms with Crippen molar-refractivity contribution in [2.45, 2.75) is 39.0 Å². The average molecular weight is 283 g/mol. The van der Waals surface area contributed by atoms with Crippen LogP contribution in [0.4, 0.5) is 0 Å². The maximum absolute atomic E-state index is 12.2. The van der Waals surface area contributed by atoms with E-state index in [0.717, 1.165) is 17.8 Å². The number of nitrogens with one attached hydrogen (secondary N) is 1. The molecule has 1 aliphatic carbocycles. The van der Waals surface area contributed by atoms with Crippen LogP contribution in [0.1, 0.15) is 48.2 Å². The molecule has 0 aromatic carbocycles. The van der Waals surface area contributed by atoms with Crippen LogP contribution in [0.2, 0.25) is 0 Å². The summed E-state index contributed by atoms with van der Waals surface area (Å²) in [6, 6.07) is 3.67. The van der Waals surface area contributed by atoms with Crippen molar-refractivity contribution in [1.29, 1.82) is 0 Å². The van der Waals surface area contributed by atoms with Crippen LogP contribution in [0.5, 0.6) is 0 Å². The smallest absolute Gasteiger partial charge is 0.251 e. The fourth-order valence-corrected chi connectivity index (χ4v) is 2.82. The number of imidazole rings is 1. The molecule has 0 saturated heterocycles. The molecule has 0 unspecified atom stereocenters. The van der Waals surface area contributed by atoms with Crippen molar-refractivity contribution in [3.8, 4) is 0 Å². The second-order valence-electron chi connectivity index (χ2n) is 5.68. The molecule has 2 heterocycles. The zero-order valence-corrected chi connectivity index (χ0v) is 12.4. The van der Waals surface area contributed by atoms with E-state index < -0.39 is 0 Å². The first-order chi connectivity index (χ1) is 10.2. The van der Waals surface area contributed by atoms with E-state index in [2.05, 4.69) is 16.4 Å². The van der Waals surface area contributed by atoms with Crippen molar-refractivity contribution in [1.82, 2.24) is 14.7 Å². The normalized spacial score (nSPS) is 15.0. The molecule has 3 rings (SSSR count). The van der Waals surface area contributed by atoms with Gasteiger partial charge < -0.3 is 9.72 Å². The number of aromatic nitrogens is 2. The topological polar surface area (TPSA) is 46.4 Å². The molecule has 0 bridgehead atoms. The standard InChI is InChI=1S/C17H21N3O/c1-13-12-20-10-8-15(11-16(20)19-13)17(21)18-9-7-14-5-3-2-4-6-14/h5,8,10-12H,2-4,6-7,9H2,1H3,(H,18,21). The van der Waals surface area contributed by atoms with Gasteiger partial charge in [0.05, 0.1) is 5.69 Å². The predicted molar refractivity (Wildman–Crippen MR) is 83.4 cm³/mol. The van der Waals surface area contributed by atoms with Crippen molar-refractivity contribution in [2.24, 2.45) is 0 Å². The first-order valence-electron chi connectivity index (χ1n) is 7.64. The summed E-state index contributed by atoms with van der Waals surface area (Å²) in [4.78, 5) is 16.6. The summed E-state index contributed by atoms with van der Waals surface area (Å²) in [5.74, 6) is -0.0189. The van der Waals surface area contributed by atoms with Gasteiger partial charge >= 0.3 is 0 Å². The van der Waals surface area contributed by atoms with E-state index in [1.807, 2.05) is 35.9 Å². The van der Waals surface area contributed by atoms with Crippen LogP contribution in [-0.2, 0) is 0 Å². The van der Waals surface area contributed by atoms with Crippen molar-refractivity contribution in [3.05, 3.63) is 47.4 Å². The molecular weight excluding hydrogens is 262 g/mol. The van der Waals surface area contributed by atoms with Crippen LogP contribution in [-0.4, -0.2) is 21.8 Å². The minimum absolute atomic E-state index is 0.0189. The third-order valence-electron chi connectivity index (χ3n) is 3.96. The number of rotatable bonds is 4. The van der Waals surface area contributed by atoms with Crippen molar-refractivity contribution >= 4 is 11.6 Å². The van der Waals surface area contributed by atoms with Gasteiger partial charge in [0, 0.05) is 24.5 Å². The molecule has 0 saturated carbocycles. The lowest BCUT2D eigenvalue weighted by molar-refractivity contribution is 0.0954. The number of hydrogen-bond acceptors (Lipinski definition) is 2. The number of hydrogen-bond donors (Lipinski definition) is 1. The SMILES string of the molecule is Cc1cn2ccc(C(=O)NCCC3=CCCCC3)cc2n1. The van der Waals surface area contributed by atoms with E-state index in [1.165, 1.54) is 31.3 Å². The molecule has 0 spiro atoms. The molecule has 1 amide bonds. The highest BCUT2D eigenvalue weighted by Crippen LogP contribution is 2.19. The maximum Gasteiger partial charge on any atom is 0.251 e. The summed E-state index contributed by atoms with van der Waals surface area (Å²) in [6.45, 7) is 2.66. The number of carbonyl (C=O) groups excluding carboxylic acids is 1. The molecule has 2 aromatic heterocycles. The summed E-state index contributed by atoms with van der Waals surface area (Å²) < 4.78 is 1.93. The average Bonchev–Trinajstić information content (AvgIpc) is 2.87. The Bertz CT molecular complexity index is 684. The minimum atomic E-state index is -0.0189. The molecular formula is C17H21N3O. The zero-order chi connectivity index (χ0) is 14.7. The van der Waals surface area contributed by atoms with E-state index in [0.29, 0.717) is 12.1 Å². The van der Waals surface area contributed by atoms with Crippen LogP contribution < -0.4 is 5.32 Å². The number of carbonyl (C=O) groups is 1. The molecule has 1 N–H and O–H groups in total. The molecule has 0 radical (unpaired) electrons. The second-order valence-corrected chi connectivity index (χ2v) is 5.68. The van der Waals surface area contributed by atoms with Gasteiger partial charge in [-0.2, -0.15) is 0 Å². The third kappa shape index (κ3) is 3.32. The summed E-state index contributed by atoms with van der Waals surface area (Å²) in [6.07, 6.45) is 12.1. The van der Waals surface area contributed by atoms with E-state index in [-0.39, 0.29) is 5.91 Å². The van der Waals surface area contributed by atoms with Crippen LogP contribution in [0.25, 0.3) is 5.65 Å². The van der Waals surface area contributed by atoms with Gasteiger partial charge in [0.15, 0.2) is 0 Å². The predicted octanol–water partition coefficient (Wildman–Crippen LogP) is 3.26. The fraction of sp³-hybridized carbons (Fsp3) is 0.412. The van der Waals surface area contributed by atoms with Crippen molar-refractivity contribution in [2.75, 3.05) is 6.54 Å². The Kier molecular flexibility index (Phi) is 4.04.